The molecular formula is C9H16N2OS. The molecule has 0 bridgehead atoms. The van der Waals surface area contributed by atoms with Crippen LogP contribution in [0.2, 0.25) is 0 Å². The molecule has 0 saturated carbocycles. The Hall–Kier alpha value is -0.660. The molecule has 0 spiro atoms. The van der Waals surface area contributed by atoms with Crippen LogP contribution in [0.5, 0.6) is 0 Å². The zero-order chi connectivity index (χ0) is 10.3. The number of nitrogens with two attached hydrogens (primary N) is 1. The molecule has 0 aliphatic heterocycles. The van der Waals surface area contributed by atoms with Crippen molar-refractivity contribution in [3.05, 3.63) is 0 Å². The molecule has 0 saturated heterocycles. The summed E-state index contributed by atoms with van der Waals surface area (Å²) in [6.07, 6.45) is 7.77. The van der Waals surface area contributed by atoms with E-state index >= 15 is 0 Å². The van der Waals surface area contributed by atoms with Crippen LogP contribution >= 0.6 is 11.8 Å². The second-order valence-electron chi connectivity index (χ2n) is 2.79. The number of thioether (sulfide) groups is 1. The van der Waals surface area contributed by atoms with Gasteiger partial charge in [-0.2, -0.15) is 11.8 Å². The molecule has 2 N–H and O–H groups in total. The molecule has 0 aliphatic rings. The summed E-state index contributed by atoms with van der Waals surface area (Å²) in [5.41, 5.74) is 5.66. The van der Waals surface area contributed by atoms with Gasteiger partial charge in [0.15, 0.2) is 0 Å². The first-order valence-corrected chi connectivity index (χ1v) is 5.45. The number of rotatable bonds is 5. The van der Waals surface area contributed by atoms with E-state index in [2.05, 4.69) is 5.92 Å². The van der Waals surface area contributed by atoms with Crippen LogP contribution in [0.3, 0.4) is 0 Å². The third kappa shape index (κ3) is 4.81. The van der Waals surface area contributed by atoms with Crippen molar-refractivity contribution in [2.45, 2.75) is 12.5 Å². The topological polar surface area (TPSA) is 46.3 Å². The molecule has 0 aromatic heterocycles. The van der Waals surface area contributed by atoms with Crippen molar-refractivity contribution >= 4 is 17.7 Å². The van der Waals surface area contributed by atoms with Crippen LogP contribution in [0.1, 0.15) is 6.42 Å². The molecule has 0 rings (SSSR count). The lowest BCUT2D eigenvalue weighted by Crippen LogP contribution is -2.42. The second kappa shape index (κ2) is 6.81. The first-order valence-electron chi connectivity index (χ1n) is 4.06. The van der Waals surface area contributed by atoms with E-state index in [0.29, 0.717) is 13.0 Å². The summed E-state index contributed by atoms with van der Waals surface area (Å²) < 4.78 is 0. The van der Waals surface area contributed by atoms with E-state index in [0.717, 1.165) is 5.75 Å². The summed E-state index contributed by atoms with van der Waals surface area (Å²) in [7, 11) is 1.67. The molecule has 74 valence electrons. The monoisotopic (exact) mass is 200 g/mol. The van der Waals surface area contributed by atoms with Gasteiger partial charge < -0.3 is 10.6 Å². The molecule has 1 atom stereocenters. The zero-order valence-electron chi connectivity index (χ0n) is 8.12. The first-order chi connectivity index (χ1) is 6.13. The SMILES string of the molecule is C#CCN(C)C(=O)[C@H](N)CCSC. The molecule has 0 fully saturated rings. The van der Waals surface area contributed by atoms with Gasteiger partial charge in [0.1, 0.15) is 0 Å². The minimum Gasteiger partial charge on any atom is -0.333 e. The van der Waals surface area contributed by atoms with Gasteiger partial charge in [-0.05, 0) is 18.4 Å². The van der Waals surface area contributed by atoms with Crippen molar-refractivity contribution in [1.82, 2.24) is 4.90 Å². The molecule has 0 unspecified atom stereocenters. The van der Waals surface area contributed by atoms with Crippen molar-refractivity contribution in [1.29, 1.82) is 0 Å². The lowest BCUT2D eigenvalue weighted by Gasteiger charge is -2.18. The summed E-state index contributed by atoms with van der Waals surface area (Å²) in [5.74, 6) is 3.23. The highest BCUT2D eigenvalue weighted by atomic mass is 32.2. The predicted octanol–water partition coefficient (Wildman–Crippen LogP) is 0.158. The Labute approximate surface area is 84.0 Å². The van der Waals surface area contributed by atoms with Crippen LogP contribution in [0.25, 0.3) is 0 Å². The smallest absolute Gasteiger partial charge is 0.240 e. The number of terminal acetylenes is 1. The Morgan fingerprint density at radius 3 is 2.85 bits per heavy atom. The quantitative estimate of drug-likeness (QED) is 0.643. The van der Waals surface area contributed by atoms with Gasteiger partial charge in [0.2, 0.25) is 5.91 Å². The van der Waals surface area contributed by atoms with Crippen molar-refractivity contribution < 1.29 is 4.79 Å². The number of carbonyl (C=O) groups is 1. The van der Waals surface area contributed by atoms with E-state index in [-0.39, 0.29) is 5.91 Å². The fourth-order valence-electron chi connectivity index (χ4n) is 0.866. The third-order valence-corrected chi connectivity index (χ3v) is 2.30. The molecule has 0 aromatic carbocycles. The van der Waals surface area contributed by atoms with E-state index in [9.17, 15) is 4.79 Å². The number of nitrogens with zero attached hydrogens (tertiary/aromatic N) is 1. The molecule has 0 radical (unpaired) electrons. The van der Waals surface area contributed by atoms with Crippen LogP contribution in [0.4, 0.5) is 0 Å². The first kappa shape index (κ1) is 12.3. The van der Waals surface area contributed by atoms with Crippen molar-refractivity contribution in [3.8, 4) is 12.3 Å². The molecule has 0 aromatic rings. The van der Waals surface area contributed by atoms with Crippen LogP contribution < -0.4 is 5.73 Å². The number of likely N-dealkylation sites (N-methyl/N-ethyl adjacent to an activating group) is 1. The Kier molecular flexibility index (Phi) is 6.47. The highest BCUT2D eigenvalue weighted by molar-refractivity contribution is 7.98. The van der Waals surface area contributed by atoms with Crippen LogP contribution in [0.15, 0.2) is 0 Å². The van der Waals surface area contributed by atoms with Crippen molar-refractivity contribution in [2.75, 3.05) is 25.6 Å². The van der Waals surface area contributed by atoms with Gasteiger partial charge in [-0.25, -0.2) is 0 Å². The maximum absolute atomic E-state index is 11.4. The van der Waals surface area contributed by atoms with E-state index in [1.165, 1.54) is 4.90 Å². The van der Waals surface area contributed by atoms with Crippen LogP contribution in [-0.4, -0.2) is 42.4 Å². The summed E-state index contributed by atoms with van der Waals surface area (Å²) in [6.45, 7) is 0.325. The van der Waals surface area contributed by atoms with E-state index in [1.54, 1.807) is 18.8 Å². The molecule has 0 aliphatic carbocycles. The molecule has 0 heterocycles. The minimum atomic E-state index is -0.411. The fourth-order valence-corrected chi connectivity index (χ4v) is 1.36. The van der Waals surface area contributed by atoms with Gasteiger partial charge in [0.05, 0.1) is 12.6 Å². The minimum absolute atomic E-state index is 0.0769. The van der Waals surface area contributed by atoms with Gasteiger partial charge in [-0.15, -0.1) is 6.42 Å². The van der Waals surface area contributed by atoms with Crippen LogP contribution in [0, 0.1) is 12.3 Å². The van der Waals surface area contributed by atoms with Gasteiger partial charge in [0.25, 0.3) is 0 Å². The summed E-state index contributed by atoms with van der Waals surface area (Å²) in [4.78, 5) is 12.9. The van der Waals surface area contributed by atoms with E-state index in [4.69, 9.17) is 12.2 Å². The highest BCUT2D eigenvalue weighted by Gasteiger charge is 2.16. The van der Waals surface area contributed by atoms with Crippen molar-refractivity contribution in [2.24, 2.45) is 5.73 Å². The van der Waals surface area contributed by atoms with E-state index < -0.39 is 6.04 Å². The third-order valence-electron chi connectivity index (χ3n) is 1.65. The number of hydrogen-bond donors (Lipinski definition) is 1. The lowest BCUT2D eigenvalue weighted by atomic mass is 10.2. The van der Waals surface area contributed by atoms with Gasteiger partial charge >= 0.3 is 0 Å². The predicted molar refractivity (Wildman–Crippen MR) is 57.4 cm³/mol. The zero-order valence-corrected chi connectivity index (χ0v) is 8.93. The average molecular weight is 200 g/mol. The van der Waals surface area contributed by atoms with Gasteiger partial charge in [-0.3, -0.25) is 4.79 Å². The Morgan fingerprint density at radius 2 is 2.38 bits per heavy atom. The fraction of sp³-hybridized carbons (Fsp3) is 0.667. The molecular weight excluding hydrogens is 184 g/mol. The Balaban J connectivity index is 3.88. The highest BCUT2D eigenvalue weighted by Crippen LogP contribution is 2.00. The largest absolute Gasteiger partial charge is 0.333 e. The molecule has 13 heavy (non-hydrogen) atoms. The van der Waals surface area contributed by atoms with E-state index in [1.807, 2.05) is 6.26 Å². The maximum atomic E-state index is 11.4. The van der Waals surface area contributed by atoms with Gasteiger partial charge in [0, 0.05) is 7.05 Å². The summed E-state index contributed by atoms with van der Waals surface area (Å²) in [5, 5.41) is 0. The summed E-state index contributed by atoms with van der Waals surface area (Å²) in [6, 6.07) is -0.411. The lowest BCUT2D eigenvalue weighted by molar-refractivity contribution is -0.130. The standard InChI is InChI=1S/C9H16N2OS/c1-4-6-11(2)9(12)8(10)5-7-13-3/h1,8H,5-7,10H2,2-3H3/t8-/m1/s1. The molecule has 3 nitrogen and oxygen atoms in total. The van der Waals surface area contributed by atoms with Crippen molar-refractivity contribution in [3.63, 3.8) is 0 Å². The normalized spacial score (nSPS) is 11.8. The van der Waals surface area contributed by atoms with Gasteiger partial charge in [-0.1, -0.05) is 5.92 Å². The average Bonchev–Trinajstić information content (AvgIpc) is 2.13. The number of hydrogen-bond acceptors (Lipinski definition) is 3. The Bertz CT molecular complexity index is 200. The molecule has 4 heteroatoms. The molecule has 1 amide bonds. The van der Waals surface area contributed by atoms with Crippen LogP contribution in [-0.2, 0) is 4.79 Å². The Morgan fingerprint density at radius 1 is 1.77 bits per heavy atom. The summed E-state index contributed by atoms with van der Waals surface area (Å²) >= 11 is 1.68. The maximum Gasteiger partial charge on any atom is 0.240 e. The second-order valence-corrected chi connectivity index (χ2v) is 3.77. The number of carbonyl (C=O) groups excluding carboxylic acids is 1. The number of amides is 1.